The van der Waals surface area contributed by atoms with Crippen molar-refractivity contribution >= 4 is 0 Å². The summed E-state index contributed by atoms with van der Waals surface area (Å²) in [5, 5.41) is 3.68. The van der Waals surface area contributed by atoms with Crippen molar-refractivity contribution in [3.05, 3.63) is 10.4 Å². The van der Waals surface area contributed by atoms with Gasteiger partial charge in [0.1, 0.15) is 0 Å². The van der Waals surface area contributed by atoms with Crippen LogP contribution in [0.4, 0.5) is 0 Å². The molecule has 1 fully saturated rings. The van der Waals surface area contributed by atoms with E-state index in [1.807, 2.05) is 6.92 Å². The molecule has 0 aromatic rings. The lowest BCUT2D eigenvalue weighted by Crippen LogP contribution is -2.37. The molecule has 3 atom stereocenters. The van der Waals surface area contributed by atoms with Gasteiger partial charge in [-0.25, -0.2) is 0 Å². The molecule has 1 aliphatic rings. The lowest BCUT2D eigenvalue weighted by Gasteiger charge is -2.31. The van der Waals surface area contributed by atoms with Crippen LogP contribution in [0.25, 0.3) is 10.4 Å². The van der Waals surface area contributed by atoms with Crippen molar-refractivity contribution in [3.63, 3.8) is 0 Å². The van der Waals surface area contributed by atoms with E-state index < -0.39 is 0 Å². The molecular formula is C9H17N3O2. The van der Waals surface area contributed by atoms with Crippen LogP contribution in [-0.4, -0.2) is 25.0 Å². The number of hydrogen-bond donors (Lipinski definition) is 0. The fourth-order valence-corrected chi connectivity index (χ4v) is 1.53. The van der Waals surface area contributed by atoms with Crippen LogP contribution in [0, 0.1) is 0 Å². The van der Waals surface area contributed by atoms with E-state index in [4.69, 9.17) is 15.0 Å². The molecule has 0 N–H and O–H groups in total. The summed E-state index contributed by atoms with van der Waals surface area (Å²) in [5.74, 6) is 0. The molecule has 0 spiro atoms. The molecule has 1 heterocycles. The number of nitrogens with zero attached hydrogens (tertiary/aromatic N) is 3. The number of hydrogen-bond acceptors (Lipinski definition) is 3. The molecule has 1 saturated heterocycles. The quantitative estimate of drug-likeness (QED) is 0.396. The molecule has 0 bridgehead atoms. The maximum Gasteiger partial charge on any atom is 0.157 e. The van der Waals surface area contributed by atoms with Crippen molar-refractivity contribution in [2.24, 2.45) is 5.11 Å². The lowest BCUT2D eigenvalue weighted by atomic mass is 10.0. The van der Waals surface area contributed by atoms with Crippen molar-refractivity contribution in [1.29, 1.82) is 0 Å². The van der Waals surface area contributed by atoms with Gasteiger partial charge in [0, 0.05) is 11.5 Å². The predicted octanol–water partition coefficient (Wildman–Crippen LogP) is 2.62. The first-order chi connectivity index (χ1) is 6.77. The van der Waals surface area contributed by atoms with Crippen molar-refractivity contribution in [2.45, 2.75) is 51.5 Å². The Labute approximate surface area is 84.0 Å². The molecule has 5 heteroatoms. The van der Waals surface area contributed by atoms with Crippen LogP contribution < -0.4 is 0 Å². The zero-order valence-electron chi connectivity index (χ0n) is 8.72. The molecule has 1 rings (SSSR count). The molecular weight excluding hydrogens is 182 g/mol. The van der Waals surface area contributed by atoms with Crippen LogP contribution in [0.5, 0.6) is 0 Å². The summed E-state index contributed by atoms with van der Waals surface area (Å²) in [4.78, 5) is 2.80. The first-order valence-electron chi connectivity index (χ1n) is 5.09. The molecule has 0 aliphatic carbocycles. The Morgan fingerprint density at radius 3 is 2.93 bits per heavy atom. The summed E-state index contributed by atoms with van der Waals surface area (Å²) in [6.45, 7) is 4.71. The molecule has 80 valence electrons. The summed E-state index contributed by atoms with van der Waals surface area (Å²) < 4.78 is 11.0. The zero-order chi connectivity index (χ0) is 10.4. The van der Waals surface area contributed by atoms with E-state index >= 15 is 0 Å². The maximum atomic E-state index is 8.32. The Kier molecular flexibility index (Phi) is 4.73. The Hall–Kier alpha value is -0.770. The Morgan fingerprint density at radius 1 is 1.57 bits per heavy atom. The van der Waals surface area contributed by atoms with Crippen LogP contribution in [0.3, 0.4) is 0 Å². The first kappa shape index (κ1) is 11.3. The van der Waals surface area contributed by atoms with Gasteiger partial charge in [-0.1, -0.05) is 12.0 Å². The SMILES string of the molecule is CCCOC1CCC(N=[N+]=[N-])C(C)O1. The van der Waals surface area contributed by atoms with Crippen molar-refractivity contribution in [1.82, 2.24) is 0 Å². The fraction of sp³-hybridized carbons (Fsp3) is 1.00. The highest BCUT2D eigenvalue weighted by molar-refractivity contribution is 4.79. The predicted molar refractivity (Wildman–Crippen MR) is 52.7 cm³/mol. The third-order valence-electron chi connectivity index (χ3n) is 2.31. The fourth-order valence-electron chi connectivity index (χ4n) is 1.53. The lowest BCUT2D eigenvalue weighted by molar-refractivity contribution is -0.193. The maximum absolute atomic E-state index is 8.32. The largest absolute Gasteiger partial charge is 0.353 e. The van der Waals surface area contributed by atoms with Gasteiger partial charge < -0.3 is 9.47 Å². The van der Waals surface area contributed by atoms with Gasteiger partial charge >= 0.3 is 0 Å². The van der Waals surface area contributed by atoms with Gasteiger partial charge in [0.15, 0.2) is 6.29 Å². The van der Waals surface area contributed by atoms with E-state index in [1.54, 1.807) is 0 Å². The highest BCUT2D eigenvalue weighted by Crippen LogP contribution is 2.22. The van der Waals surface area contributed by atoms with Gasteiger partial charge in [-0.15, -0.1) is 0 Å². The van der Waals surface area contributed by atoms with E-state index in [0.29, 0.717) is 0 Å². The van der Waals surface area contributed by atoms with E-state index in [0.717, 1.165) is 25.9 Å². The zero-order valence-corrected chi connectivity index (χ0v) is 8.72. The van der Waals surface area contributed by atoms with Crippen molar-refractivity contribution < 1.29 is 9.47 Å². The molecule has 5 nitrogen and oxygen atoms in total. The number of azide groups is 1. The van der Waals surface area contributed by atoms with E-state index in [-0.39, 0.29) is 18.4 Å². The van der Waals surface area contributed by atoms with Gasteiger partial charge in [-0.2, -0.15) is 0 Å². The topological polar surface area (TPSA) is 67.2 Å². The second kappa shape index (κ2) is 5.86. The third kappa shape index (κ3) is 3.18. The summed E-state index contributed by atoms with van der Waals surface area (Å²) in [6, 6.07) is -0.0403. The molecule has 0 saturated carbocycles. The average molecular weight is 199 g/mol. The van der Waals surface area contributed by atoms with Gasteiger partial charge in [0.05, 0.1) is 12.1 Å². The van der Waals surface area contributed by atoms with Crippen molar-refractivity contribution in [2.75, 3.05) is 6.61 Å². The Bertz CT molecular complexity index is 216. The second-order valence-electron chi connectivity index (χ2n) is 3.49. The normalized spacial score (nSPS) is 32.3. The van der Waals surface area contributed by atoms with Crippen LogP contribution in [0.15, 0.2) is 5.11 Å². The highest BCUT2D eigenvalue weighted by Gasteiger charge is 2.27. The van der Waals surface area contributed by atoms with Crippen LogP contribution in [0.2, 0.25) is 0 Å². The van der Waals surface area contributed by atoms with Gasteiger partial charge in [-0.05, 0) is 31.7 Å². The minimum absolute atomic E-state index is 0.0403. The molecule has 0 aromatic heterocycles. The summed E-state index contributed by atoms with van der Waals surface area (Å²) >= 11 is 0. The molecule has 3 unspecified atom stereocenters. The average Bonchev–Trinajstić information content (AvgIpc) is 2.19. The van der Waals surface area contributed by atoms with Crippen LogP contribution in [0.1, 0.15) is 33.1 Å². The van der Waals surface area contributed by atoms with Gasteiger partial charge in [-0.3, -0.25) is 0 Å². The van der Waals surface area contributed by atoms with E-state index in [2.05, 4.69) is 16.9 Å². The van der Waals surface area contributed by atoms with E-state index in [1.165, 1.54) is 0 Å². The van der Waals surface area contributed by atoms with E-state index in [9.17, 15) is 0 Å². The summed E-state index contributed by atoms with van der Waals surface area (Å²) in [6.07, 6.45) is 2.50. The Morgan fingerprint density at radius 2 is 2.36 bits per heavy atom. The second-order valence-corrected chi connectivity index (χ2v) is 3.49. The minimum Gasteiger partial charge on any atom is -0.353 e. The van der Waals surface area contributed by atoms with Gasteiger partial charge in [0.25, 0.3) is 0 Å². The number of rotatable bonds is 4. The van der Waals surface area contributed by atoms with Crippen molar-refractivity contribution in [3.8, 4) is 0 Å². The van der Waals surface area contributed by atoms with Crippen LogP contribution in [-0.2, 0) is 9.47 Å². The molecule has 0 radical (unpaired) electrons. The first-order valence-corrected chi connectivity index (χ1v) is 5.09. The standard InChI is InChI=1S/C9H17N3O2/c1-3-6-13-9-5-4-8(11-12-10)7(2)14-9/h7-9H,3-6H2,1-2H3. The Balaban J connectivity index is 2.34. The summed E-state index contributed by atoms with van der Waals surface area (Å²) in [7, 11) is 0. The molecule has 14 heavy (non-hydrogen) atoms. The third-order valence-corrected chi connectivity index (χ3v) is 2.31. The van der Waals surface area contributed by atoms with Crippen LogP contribution >= 0.6 is 0 Å². The highest BCUT2D eigenvalue weighted by atomic mass is 16.7. The van der Waals surface area contributed by atoms with Gasteiger partial charge in [0.2, 0.25) is 0 Å². The summed E-state index contributed by atoms with van der Waals surface area (Å²) in [5.41, 5.74) is 8.32. The molecule has 0 amide bonds. The monoisotopic (exact) mass is 199 g/mol. The minimum atomic E-state index is -0.116. The molecule has 0 aromatic carbocycles. The molecule has 1 aliphatic heterocycles. The smallest absolute Gasteiger partial charge is 0.157 e. The number of ether oxygens (including phenoxy) is 2.